The van der Waals surface area contributed by atoms with Crippen LogP contribution >= 0.6 is 0 Å². The first-order valence-electron chi connectivity index (χ1n) is 10.3. The molecule has 0 fully saturated rings. The van der Waals surface area contributed by atoms with Gasteiger partial charge in [-0.2, -0.15) is 5.10 Å². The number of amides is 1. The highest BCUT2D eigenvalue weighted by molar-refractivity contribution is 6.04. The number of pyridine rings is 3. The molecule has 4 heterocycles. The Morgan fingerprint density at radius 2 is 1.88 bits per heavy atom. The van der Waals surface area contributed by atoms with Gasteiger partial charge < -0.3 is 10.1 Å². The monoisotopic (exact) mass is 436 g/mol. The highest BCUT2D eigenvalue weighted by atomic mass is 16.5. The van der Waals surface area contributed by atoms with Crippen LogP contribution in [0, 0.1) is 6.92 Å². The molecule has 5 rings (SSSR count). The van der Waals surface area contributed by atoms with E-state index in [2.05, 4.69) is 25.4 Å². The van der Waals surface area contributed by atoms with Crippen molar-refractivity contribution in [1.82, 2.24) is 24.7 Å². The molecule has 162 valence electrons. The second kappa shape index (κ2) is 8.51. The average Bonchev–Trinajstić information content (AvgIpc) is 3.30. The maximum atomic E-state index is 13.0. The number of nitrogens with one attached hydrogen (secondary N) is 1. The van der Waals surface area contributed by atoms with Gasteiger partial charge in [0.05, 0.1) is 30.2 Å². The van der Waals surface area contributed by atoms with E-state index in [1.807, 2.05) is 55.5 Å². The van der Waals surface area contributed by atoms with Crippen LogP contribution in [0.3, 0.4) is 0 Å². The van der Waals surface area contributed by atoms with Crippen molar-refractivity contribution < 1.29 is 9.53 Å². The van der Waals surface area contributed by atoms with Gasteiger partial charge in [-0.25, -0.2) is 14.6 Å². The molecular formula is C25H20N6O2. The van der Waals surface area contributed by atoms with Gasteiger partial charge in [0.2, 0.25) is 5.88 Å². The molecule has 33 heavy (non-hydrogen) atoms. The topological polar surface area (TPSA) is 94.8 Å². The molecule has 0 aliphatic heterocycles. The van der Waals surface area contributed by atoms with Gasteiger partial charge in [-0.1, -0.05) is 24.3 Å². The molecule has 0 atom stereocenters. The normalized spacial score (nSPS) is 10.8. The maximum absolute atomic E-state index is 13.0. The van der Waals surface area contributed by atoms with Gasteiger partial charge in [-0.3, -0.25) is 9.78 Å². The number of methoxy groups -OCH3 is 1. The van der Waals surface area contributed by atoms with Crippen molar-refractivity contribution in [2.24, 2.45) is 0 Å². The van der Waals surface area contributed by atoms with E-state index < -0.39 is 0 Å². The Bertz CT molecular complexity index is 1450. The van der Waals surface area contributed by atoms with Gasteiger partial charge in [0, 0.05) is 28.9 Å². The number of aryl methyl sites for hydroxylation is 1. The van der Waals surface area contributed by atoms with Gasteiger partial charge in [-0.05, 0) is 43.3 Å². The molecule has 0 unspecified atom stereocenters. The van der Waals surface area contributed by atoms with E-state index in [0.717, 1.165) is 27.9 Å². The molecule has 4 aromatic heterocycles. The van der Waals surface area contributed by atoms with Crippen molar-refractivity contribution in [3.05, 3.63) is 90.5 Å². The van der Waals surface area contributed by atoms with Crippen molar-refractivity contribution in [2.45, 2.75) is 6.92 Å². The zero-order chi connectivity index (χ0) is 22.8. The van der Waals surface area contributed by atoms with Crippen LogP contribution in [0.1, 0.15) is 16.2 Å². The SMILES string of the molecule is COc1ccc(NC(=O)c2cc(-c3ccnc4ccccc34)n(-c3cccc(C)n3)n2)cn1. The van der Waals surface area contributed by atoms with E-state index in [1.165, 1.54) is 13.3 Å². The number of carbonyl (C=O) groups is 1. The molecule has 0 radical (unpaired) electrons. The summed E-state index contributed by atoms with van der Waals surface area (Å²) in [6, 6.07) is 20.6. The number of para-hydroxylation sites is 1. The molecule has 1 amide bonds. The third kappa shape index (κ3) is 4.01. The van der Waals surface area contributed by atoms with E-state index in [9.17, 15) is 4.79 Å². The predicted octanol–water partition coefficient (Wildman–Crippen LogP) is 4.45. The number of benzene rings is 1. The summed E-state index contributed by atoms with van der Waals surface area (Å²) >= 11 is 0. The van der Waals surface area contributed by atoms with Crippen LogP contribution < -0.4 is 10.1 Å². The maximum Gasteiger partial charge on any atom is 0.276 e. The Balaban J connectivity index is 1.61. The lowest BCUT2D eigenvalue weighted by atomic mass is 10.1. The van der Waals surface area contributed by atoms with Crippen molar-refractivity contribution in [3.8, 4) is 23.0 Å². The van der Waals surface area contributed by atoms with Crippen molar-refractivity contribution in [3.63, 3.8) is 0 Å². The summed E-state index contributed by atoms with van der Waals surface area (Å²) in [7, 11) is 1.54. The summed E-state index contributed by atoms with van der Waals surface area (Å²) in [5, 5.41) is 8.41. The summed E-state index contributed by atoms with van der Waals surface area (Å²) in [5.74, 6) is 0.735. The van der Waals surface area contributed by atoms with Gasteiger partial charge in [0.15, 0.2) is 11.5 Å². The third-order valence-electron chi connectivity index (χ3n) is 5.16. The van der Waals surface area contributed by atoms with Crippen LogP contribution in [0.5, 0.6) is 5.88 Å². The van der Waals surface area contributed by atoms with Crippen LogP contribution in [0.25, 0.3) is 28.0 Å². The van der Waals surface area contributed by atoms with Crippen molar-refractivity contribution in [1.29, 1.82) is 0 Å². The lowest BCUT2D eigenvalue weighted by Crippen LogP contribution is -2.13. The second-order valence-corrected chi connectivity index (χ2v) is 7.38. The van der Waals surface area contributed by atoms with Gasteiger partial charge in [-0.15, -0.1) is 0 Å². The molecule has 1 N–H and O–H groups in total. The Kier molecular flexibility index (Phi) is 5.24. The molecule has 0 saturated carbocycles. The zero-order valence-corrected chi connectivity index (χ0v) is 18.1. The van der Waals surface area contributed by atoms with Crippen molar-refractivity contribution >= 4 is 22.5 Å². The first-order valence-corrected chi connectivity index (χ1v) is 10.3. The predicted molar refractivity (Wildman–Crippen MR) is 126 cm³/mol. The smallest absolute Gasteiger partial charge is 0.276 e. The summed E-state index contributed by atoms with van der Waals surface area (Å²) in [5.41, 5.74) is 4.15. The summed E-state index contributed by atoms with van der Waals surface area (Å²) in [6.07, 6.45) is 3.29. The zero-order valence-electron chi connectivity index (χ0n) is 18.1. The number of hydrogen-bond donors (Lipinski definition) is 1. The lowest BCUT2D eigenvalue weighted by Gasteiger charge is -2.09. The number of carbonyl (C=O) groups excluding carboxylic acids is 1. The standard InChI is InChI=1S/C25H20N6O2/c1-16-6-5-9-23(28-16)31-22(19-12-13-26-20-8-4-3-7-18(19)20)14-21(30-31)25(32)29-17-10-11-24(33-2)27-15-17/h3-15H,1-2H3,(H,29,32). The number of rotatable bonds is 5. The molecule has 8 nitrogen and oxygen atoms in total. The van der Waals surface area contributed by atoms with Crippen molar-refractivity contribution in [2.75, 3.05) is 12.4 Å². The van der Waals surface area contributed by atoms with Gasteiger partial charge >= 0.3 is 0 Å². The van der Waals surface area contributed by atoms with E-state index in [4.69, 9.17) is 4.74 Å². The fourth-order valence-electron chi connectivity index (χ4n) is 3.59. The molecule has 0 saturated heterocycles. The largest absolute Gasteiger partial charge is 0.481 e. The minimum absolute atomic E-state index is 0.255. The van der Waals surface area contributed by atoms with Crippen LogP contribution in [0.4, 0.5) is 5.69 Å². The third-order valence-corrected chi connectivity index (χ3v) is 5.16. The van der Waals surface area contributed by atoms with Crippen LogP contribution in [0.2, 0.25) is 0 Å². The van der Waals surface area contributed by atoms with Crippen LogP contribution in [0.15, 0.2) is 79.1 Å². The fraction of sp³-hybridized carbons (Fsp3) is 0.0800. The fourth-order valence-corrected chi connectivity index (χ4v) is 3.59. The summed E-state index contributed by atoms with van der Waals surface area (Å²) < 4.78 is 6.76. The Morgan fingerprint density at radius 3 is 2.67 bits per heavy atom. The van der Waals surface area contributed by atoms with Crippen LogP contribution in [-0.4, -0.2) is 37.7 Å². The number of aromatic nitrogens is 5. The Morgan fingerprint density at radius 1 is 1.00 bits per heavy atom. The number of hydrogen-bond acceptors (Lipinski definition) is 6. The molecule has 8 heteroatoms. The van der Waals surface area contributed by atoms with Gasteiger partial charge in [0.1, 0.15) is 0 Å². The molecule has 0 aliphatic rings. The Hall–Kier alpha value is -4.59. The Labute approximate surface area is 189 Å². The molecule has 0 bridgehead atoms. The van der Waals surface area contributed by atoms with E-state index >= 15 is 0 Å². The minimum Gasteiger partial charge on any atom is -0.481 e. The molecule has 5 aromatic rings. The van der Waals surface area contributed by atoms with E-state index in [-0.39, 0.29) is 11.6 Å². The molecule has 1 aromatic carbocycles. The second-order valence-electron chi connectivity index (χ2n) is 7.38. The first-order chi connectivity index (χ1) is 16.1. The highest BCUT2D eigenvalue weighted by Crippen LogP contribution is 2.30. The quantitative estimate of drug-likeness (QED) is 0.437. The lowest BCUT2D eigenvalue weighted by molar-refractivity contribution is 0.102. The van der Waals surface area contributed by atoms with E-state index in [1.54, 1.807) is 29.1 Å². The number of fused-ring (bicyclic) bond motifs is 1. The molecule has 0 aliphatic carbocycles. The number of nitrogens with zero attached hydrogens (tertiary/aromatic N) is 5. The van der Waals surface area contributed by atoms with Crippen LogP contribution in [-0.2, 0) is 0 Å². The number of anilines is 1. The summed E-state index contributed by atoms with van der Waals surface area (Å²) in [6.45, 7) is 1.92. The average molecular weight is 436 g/mol. The first kappa shape index (κ1) is 20.3. The molecular weight excluding hydrogens is 416 g/mol. The number of ether oxygens (including phenoxy) is 1. The summed E-state index contributed by atoms with van der Waals surface area (Å²) in [4.78, 5) is 26.2. The minimum atomic E-state index is -0.354. The van der Waals surface area contributed by atoms with E-state index in [0.29, 0.717) is 17.4 Å². The highest BCUT2D eigenvalue weighted by Gasteiger charge is 2.19. The van der Waals surface area contributed by atoms with Gasteiger partial charge in [0.25, 0.3) is 5.91 Å². The molecule has 0 spiro atoms.